The van der Waals surface area contributed by atoms with E-state index in [1.165, 1.54) is 24.3 Å². The van der Waals surface area contributed by atoms with Gasteiger partial charge >= 0.3 is 0 Å². The van der Waals surface area contributed by atoms with Crippen LogP contribution in [0.15, 0.2) is 48.5 Å². The standard InChI is InChI=1S/C14H10ClFO2/c15-12-3-1-2-4-14(12)18-9-13(17)10-5-7-11(16)8-6-10/h1-8H,9H2. The van der Waals surface area contributed by atoms with E-state index in [0.717, 1.165) is 0 Å². The van der Waals surface area contributed by atoms with Gasteiger partial charge in [0.1, 0.15) is 11.6 Å². The Kier molecular flexibility index (Phi) is 3.95. The Labute approximate surface area is 109 Å². The molecule has 2 nitrogen and oxygen atoms in total. The molecule has 0 bridgehead atoms. The maximum atomic E-state index is 12.7. The summed E-state index contributed by atoms with van der Waals surface area (Å²) < 4.78 is 18.0. The number of ketones is 1. The molecule has 0 aromatic heterocycles. The van der Waals surface area contributed by atoms with Crippen molar-refractivity contribution in [2.24, 2.45) is 0 Å². The van der Waals surface area contributed by atoms with Crippen molar-refractivity contribution in [3.63, 3.8) is 0 Å². The van der Waals surface area contributed by atoms with Gasteiger partial charge in [-0.3, -0.25) is 4.79 Å². The SMILES string of the molecule is O=C(COc1ccccc1Cl)c1ccc(F)cc1. The first-order valence-corrected chi connectivity index (χ1v) is 5.71. The van der Waals surface area contributed by atoms with E-state index in [4.69, 9.17) is 16.3 Å². The van der Waals surface area contributed by atoms with Crippen LogP contribution < -0.4 is 4.74 Å². The summed E-state index contributed by atoms with van der Waals surface area (Å²) in [5, 5.41) is 0.449. The van der Waals surface area contributed by atoms with E-state index in [1.807, 2.05) is 0 Å². The van der Waals surface area contributed by atoms with Gasteiger partial charge in [-0.1, -0.05) is 23.7 Å². The molecule has 0 amide bonds. The van der Waals surface area contributed by atoms with Crippen LogP contribution in [0.1, 0.15) is 10.4 Å². The average Bonchev–Trinajstić information content (AvgIpc) is 2.38. The van der Waals surface area contributed by atoms with Gasteiger partial charge in [-0.15, -0.1) is 0 Å². The van der Waals surface area contributed by atoms with Crippen molar-refractivity contribution < 1.29 is 13.9 Å². The maximum absolute atomic E-state index is 12.7. The summed E-state index contributed by atoms with van der Waals surface area (Å²) in [6.45, 7) is -0.130. The number of ether oxygens (including phenoxy) is 1. The van der Waals surface area contributed by atoms with Crippen molar-refractivity contribution in [3.05, 3.63) is 64.9 Å². The van der Waals surface area contributed by atoms with E-state index in [2.05, 4.69) is 0 Å². The smallest absolute Gasteiger partial charge is 0.200 e. The number of para-hydroxylation sites is 1. The second-order valence-electron chi connectivity index (χ2n) is 3.65. The number of rotatable bonds is 4. The molecule has 0 fully saturated rings. The summed E-state index contributed by atoms with van der Waals surface area (Å²) >= 11 is 5.89. The highest BCUT2D eigenvalue weighted by Crippen LogP contribution is 2.23. The molecule has 2 aromatic rings. The minimum atomic E-state index is -0.376. The second-order valence-corrected chi connectivity index (χ2v) is 4.06. The molecule has 0 spiro atoms. The van der Waals surface area contributed by atoms with E-state index >= 15 is 0 Å². The third-order valence-corrected chi connectivity index (χ3v) is 2.67. The minimum absolute atomic E-state index is 0.130. The molecule has 2 rings (SSSR count). The zero-order valence-electron chi connectivity index (χ0n) is 9.40. The van der Waals surface area contributed by atoms with E-state index in [0.29, 0.717) is 16.3 Å². The molecule has 0 aliphatic rings. The van der Waals surface area contributed by atoms with Gasteiger partial charge in [0.05, 0.1) is 5.02 Å². The first-order valence-electron chi connectivity index (χ1n) is 5.33. The second kappa shape index (κ2) is 5.65. The highest BCUT2D eigenvalue weighted by molar-refractivity contribution is 6.32. The third kappa shape index (κ3) is 3.08. The van der Waals surface area contributed by atoms with Crippen LogP contribution in [0.4, 0.5) is 4.39 Å². The Morgan fingerprint density at radius 2 is 1.78 bits per heavy atom. The Morgan fingerprint density at radius 3 is 2.44 bits per heavy atom. The van der Waals surface area contributed by atoms with Gasteiger partial charge in [0.25, 0.3) is 0 Å². The highest BCUT2D eigenvalue weighted by Gasteiger charge is 2.08. The zero-order valence-corrected chi connectivity index (χ0v) is 10.2. The molecule has 0 aliphatic heterocycles. The first kappa shape index (κ1) is 12.6. The highest BCUT2D eigenvalue weighted by atomic mass is 35.5. The van der Waals surface area contributed by atoms with E-state index in [9.17, 15) is 9.18 Å². The fourth-order valence-electron chi connectivity index (χ4n) is 1.42. The van der Waals surface area contributed by atoms with Crippen LogP contribution >= 0.6 is 11.6 Å². The summed E-state index contributed by atoms with van der Waals surface area (Å²) in [5.74, 6) is -0.150. The number of carbonyl (C=O) groups excluding carboxylic acids is 1. The number of hydrogen-bond donors (Lipinski definition) is 0. The van der Waals surface area contributed by atoms with E-state index in [-0.39, 0.29) is 18.2 Å². The molecule has 2 aromatic carbocycles. The van der Waals surface area contributed by atoms with Gasteiger partial charge in [-0.05, 0) is 36.4 Å². The molecule has 0 atom stereocenters. The van der Waals surface area contributed by atoms with Crippen molar-refractivity contribution in [1.82, 2.24) is 0 Å². The summed E-state index contributed by atoms with van der Waals surface area (Å²) in [6, 6.07) is 12.2. The topological polar surface area (TPSA) is 26.3 Å². The lowest BCUT2D eigenvalue weighted by atomic mass is 10.1. The maximum Gasteiger partial charge on any atom is 0.200 e. The summed E-state index contributed by atoms with van der Waals surface area (Å²) in [4.78, 5) is 11.8. The lowest BCUT2D eigenvalue weighted by Crippen LogP contribution is -2.11. The van der Waals surface area contributed by atoms with Crippen LogP contribution in [-0.2, 0) is 0 Å². The fraction of sp³-hybridized carbons (Fsp3) is 0.0714. The Morgan fingerprint density at radius 1 is 1.11 bits per heavy atom. The molecule has 0 saturated heterocycles. The number of Topliss-reactive ketones (excluding diaryl/α,β-unsaturated/α-hetero) is 1. The number of halogens is 2. The van der Waals surface area contributed by atoms with Gasteiger partial charge in [0, 0.05) is 5.56 Å². The molecule has 4 heteroatoms. The van der Waals surface area contributed by atoms with Crippen LogP contribution in [0.25, 0.3) is 0 Å². The van der Waals surface area contributed by atoms with Gasteiger partial charge in [0.2, 0.25) is 0 Å². The van der Waals surface area contributed by atoms with Crippen molar-refractivity contribution in [2.75, 3.05) is 6.61 Å². The molecule has 0 unspecified atom stereocenters. The van der Waals surface area contributed by atoms with Crippen LogP contribution in [0.3, 0.4) is 0 Å². The van der Waals surface area contributed by atoms with Gasteiger partial charge in [0.15, 0.2) is 12.4 Å². The molecule has 18 heavy (non-hydrogen) atoms. The van der Waals surface area contributed by atoms with E-state index in [1.54, 1.807) is 24.3 Å². The number of carbonyl (C=O) groups is 1. The zero-order chi connectivity index (χ0) is 13.0. The normalized spacial score (nSPS) is 10.1. The van der Waals surface area contributed by atoms with Gasteiger partial charge in [-0.25, -0.2) is 4.39 Å². The van der Waals surface area contributed by atoms with Crippen molar-refractivity contribution in [2.45, 2.75) is 0 Å². The molecule has 0 saturated carbocycles. The number of benzene rings is 2. The lowest BCUT2D eigenvalue weighted by molar-refractivity contribution is 0.0921. The first-order chi connectivity index (χ1) is 8.66. The number of hydrogen-bond acceptors (Lipinski definition) is 2. The Balaban J connectivity index is 2.01. The quantitative estimate of drug-likeness (QED) is 0.787. The molecule has 92 valence electrons. The molecular weight excluding hydrogens is 255 g/mol. The van der Waals surface area contributed by atoms with Crippen LogP contribution in [0, 0.1) is 5.82 Å². The summed E-state index contributed by atoms with van der Waals surface area (Å²) in [6.07, 6.45) is 0. The molecule has 0 aliphatic carbocycles. The molecule has 0 heterocycles. The fourth-order valence-corrected chi connectivity index (χ4v) is 1.61. The van der Waals surface area contributed by atoms with E-state index < -0.39 is 0 Å². The average molecular weight is 265 g/mol. The monoisotopic (exact) mass is 264 g/mol. The predicted molar refractivity (Wildman–Crippen MR) is 67.7 cm³/mol. The minimum Gasteiger partial charge on any atom is -0.484 e. The molecular formula is C14H10ClFO2. The van der Waals surface area contributed by atoms with Crippen LogP contribution in [-0.4, -0.2) is 12.4 Å². The summed E-state index contributed by atoms with van der Waals surface area (Å²) in [7, 11) is 0. The van der Waals surface area contributed by atoms with Crippen LogP contribution in [0.2, 0.25) is 5.02 Å². The lowest BCUT2D eigenvalue weighted by Gasteiger charge is -2.06. The Hall–Kier alpha value is -1.87. The third-order valence-electron chi connectivity index (χ3n) is 2.36. The summed E-state index contributed by atoms with van der Waals surface area (Å²) in [5.41, 5.74) is 0.406. The van der Waals surface area contributed by atoms with Gasteiger partial charge in [-0.2, -0.15) is 0 Å². The van der Waals surface area contributed by atoms with Crippen molar-refractivity contribution in [1.29, 1.82) is 0 Å². The van der Waals surface area contributed by atoms with Crippen molar-refractivity contribution >= 4 is 17.4 Å². The van der Waals surface area contributed by atoms with Crippen LogP contribution in [0.5, 0.6) is 5.75 Å². The molecule has 0 radical (unpaired) electrons. The largest absolute Gasteiger partial charge is 0.484 e. The predicted octanol–water partition coefficient (Wildman–Crippen LogP) is 3.74. The molecule has 0 N–H and O–H groups in total. The van der Waals surface area contributed by atoms with Gasteiger partial charge < -0.3 is 4.74 Å². The Bertz CT molecular complexity index is 552. The van der Waals surface area contributed by atoms with Crippen molar-refractivity contribution in [3.8, 4) is 5.75 Å².